The van der Waals surface area contributed by atoms with Gasteiger partial charge in [0.25, 0.3) is 0 Å². The standard InChI is InChI=1S/C38H40N6/c1-3-11-29(12-4-1)39-37(40-30-13-5-2-6-14-30)43-44-38(41-33-23-21-27-19-17-25-9-7-15-31(33)35(25)27)42-34-24-22-28-20-18-26-10-8-16-32(34)36(26)28/h7-10,15-24,29-30H,1-6,11-14H2,(H2,39,40,43)(H2,41,42,44). The molecule has 4 aromatic rings. The number of nitrogens with one attached hydrogen (secondary N) is 4. The molecule has 0 bridgehead atoms. The van der Waals surface area contributed by atoms with Crippen molar-refractivity contribution in [3.63, 3.8) is 0 Å². The molecule has 4 aliphatic rings. The summed E-state index contributed by atoms with van der Waals surface area (Å²) in [4.78, 5) is 10.4. The maximum absolute atomic E-state index is 5.23. The van der Waals surface area contributed by atoms with Gasteiger partial charge in [0.2, 0.25) is 11.9 Å². The summed E-state index contributed by atoms with van der Waals surface area (Å²) in [5.74, 6) is 1.46. The molecule has 0 saturated heterocycles. The van der Waals surface area contributed by atoms with Crippen molar-refractivity contribution >= 4 is 69.1 Å². The minimum absolute atomic E-state index is 0.352. The molecule has 4 aromatic carbocycles. The van der Waals surface area contributed by atoms with Crippen LogP contribution >= 0.6 is 0 Å². The van der Waals surface area contributed by atoms with Gasteiger partial charge in [-0.15, -0.1) is 0 Å². The van der Waals surface area contributed by atoms with Crippen LogP contribution in [0.4, 0.5) is 11.4 Å². The third-order valence-electron chi connectivity index (χ3n) is 9.69. The normalized spacial score (nSPS) is 18.4. The summed E-state index contributed by atoms with van der Waals surface area (Å²) >= 11 is 0. The van der Waals surface area contributed by atoms with E-state index in [0.717, 1.165) is 35.6 Å². The zero-order valence-corrected chi connectivity index (χ0v) is 25.2. The average molecular weight is 581 g/mol. The van der Waals surface area contributed by atoms with E-state index in [4.69, 9.17) is 9.98 Å². The predicted molar refractivity (Wildman–Crippen MR) is 187 cm³/mol. The highest BCUT2D eigenvalue weighted by Gasteiger charge is 2.19. The van der Waals surface area contributed by atoms with Crippen LogP contribution in [-0.4, -0.2) is 24.0 Å². The zero-order chi connectivity index (χ0) is 29.3. The monoisotopic (exact) mass is 580 g/mol. The third-order valence-corrected chi connectivity index (χ3v) is 9.69. The van der Waals surface area contributed by atoms with Gasteiger partial charge in [-0.2, -0.15) is 0 Å². The van der Waals surface area contributed by atoms with Crippen LogP contribution in [0.25, 0.3) is 45.8 Å². The number of nitrogens with zero attached hydrogens (tertiary/aromatic N) is 2. The van der Waals surface area contributed by atoms with E-state index in [2.05, 4.69) is 106 Å². The molecule has 4 aliphatic carbocycles. The first-order valence-corrected chi connectivity index (χ1v) is 16.5. The third kappa shape index (κ3) is 5.34. The molecule has 0 unspecified atom stereocenters. The van der Waals surface area contributed by atoms with Crippen molar-refractivity contribution < 1.29 is 0 Å². The maximum atomic E-state index is 5.23. The lowest BCUT2D eigenvalue weighted by molar-refractivity contribution is 0.404. The van der Waals surface area contributed by atoms with E-state index in [1.54, 1.807) is 0 Å². The van der Waals surface area contributed by atoms with E-state index in [1.807, 2.05) is 0 Å². The van der Waals surface area contributed by atoms with Gasteiger partial charge in [0.1, 0.15) is 0 Å². The highest BCUT2D eigenvalue weighted by atomic mass is 15.5. The summed E-state index contributed by atoms with van der Waals surface area (Å²) < 4.78 is 0. The van der Waals surface area contributed by atoms with E-state index in [0.29, 0.717) is 18.0 Å². The Bertz CT molecular complexity index is 1810. The molecule has 44 heavy (non-hydrogen) atoms. The summed E-state index contributed by atoms with van der Waals surface area (Å²) in [6, 6.07) is 22.4. The summed E-state index contributed by atoms with van der Waals surface area (Å²) in [5.41, 5.74) is 13.9. The van der Waals surface area contributed by atoms with Crippen molar-refractivity contribution in [2.24, 2.45) is 9.98 Å². The Balaban J connectivity index is 1.15. The Hall–Kier alpha value is -4.58. The number of benzene rings is 4. The minimum Gasteiger partial charge on any atom is -0.352 e. The number of guanidine groups is 2. The second-order valence-corrected chi connectivity index (χ2v) is 12.7. The number of rotatable bonds is 4. The molecular formula is C38H40N6. The molecule has 0 amide bonds. The van der Waals surface area contributed by atoms with Crippen LogP contribution in [0.3, 0.4) is 0 Å². The molecule has 0 heterocycles. The number of hydrazine groups is 1. The Morgan fingerprint density at radius 1 is 0.568 bits per heavy atom. The fourth-order valence-electron chi connectivity index (χ4n) is 7.42. The van der Waals surface area contributed by atoms with Gasteiger partial charge >= 0.3 is 0 Å². The van der Waals surface area contributed by atoms with E-state index in [9.17, 15) is 0 Å². The second-order valence-electron chi connectivity index (χ2n) is 12.7. The first-order chi connectivity index (χ1) is 21.8. The number of anilines is 1. The summed E-state index contributed by atoms with van der Waals surface area (Å²) in [7, 11) is 0. The first kappa shape index (κ1) is 27.0. The molecular weight excluding hydrogens is 540 g/mol. The molecule has 2 fully saturated rings. The molecule has 0 radical (unpaired) electrons. The summed E-state index contributed by atoms with van der Waals surface area (Å²) in [6.07, 6.45) is 21.2. The largest absolute Gasteiger partial charge is 0.352 e. The number of hydrogen-bond donors (Lipinski definition) is 4. The molecule has 2 saturated carbocycles. The van der Waals surface area contributed by atoms with Crippen molar-refractivity contribution in [1.82, 2.24) is 16.2 Å². The minimum atomic E-state index is 0.352. The van der Waals surface area contributed by atoms with Crippen molar-refractivity contribution in [1.29, 1.82) is 0 Å². The fourth-order valence-corrected chi connectivity index (χ4v) is 7.42. The molecule has 0 atom stereocenters. The maximum Gasteiger partial charge on any atom is 0.220 e. The molecule has 0 aromatic heterocycles. The van der Waals surface area contributed by atoms with Gasteiger partial charge in [0, 0.05) is 22.5 Å². The van der Waals surface area contributed by atoms with Gasteiger partial charge in [-0.05, 0) is 70.8 Å². The lowest BCUT2D eigenvalue weighted by Gasteiger charge is -2.27. The summed E-state index contributed by atoms with van der Waals surface area (Å²) in [6.45, 7) is 0. The van der Waals surface area contributed by atoms with Gasteiger partial charge in [-0.1, -0.05) is 111 Å². The van der Waals surface area contributed by atoms with E-state index >= 15 is 0 Å². The molecule has 6 heteroatoms. The second kappa shape index (κ2) is 11.8. The molecule has 8 rings (SSSR count). The highest BCUT2D eigenvalue weighted by molar-refractivity contribution is 6.13. The Labute approximate surface area is 259 Å². The SMILES string of the molecule is C1=Cc2ccc(N=C(NNC(=NC3CCCCC3)NC3CCCCC3)Nc3ccc4c5c(cccc35)C=C4)c3cccc1c23. The van der Waals surface area contributed by atoms with Crippen LogP contribution in [0.1, 0.15) is 86.5 Å². The van der Waals surface area contributed by atoms with Crippen LogP contribution < -0.4 is 21.5 Å². The van der Waals surface area contributed by atoms with Gasteiger partial charge in [0.15, 0.2) is 0 Å². The van der Waals surface area contributed by atoms with E-state index in [1.165, 1.54) is 89.8 Å². The Morgan fingerprint density at radius 2 is 1.16 bits per heavy atom. The fraction of sp³-hybridized carbons (Fsp3) is 0.316. The van der Waals surface area contributed by atoms with Crippen LogP contribution in [0.15, 0.2) is 70.6 Å². The molecule has 222 valence electrons. The van der Waals surface area contributed by atoms with Crippen molar-refractivity contribution in [2.45, 2.75) is 76.3 Å². The van der Waals surface area contributed by atoms with Gasteiger partial charge < -0.3 is 10.6 Å². The van der Waals surface area contributed by atoms with Crippen LogP contribution in [-0.2, 0) is 0 Å². The average Bonchev–Trinajstić information content (AvgIpc) is 3.69. The van der Waals surface area contributed by atoms with Crippen LogP contribution in [0.5, 0.6) is 0 Å². The van der Waals surface area contributed by atoms with Crippen LogP contribution in [0.2, 0.25) is 0 Å². The van der Waals surface area contributed by atoms with Crippen molar-refractivity contribution in [3.8, 4) is 0 Å². The molecule has 4 N–H and O–H groups in total. The van der Waals surface area contributed by atoms with Crippen LogP contribution in [0, 0.1) is 0 Å². The summed E-state index contributed by atoms with van der Waals surface area (Å²) in [5, 5.41) is 12.3. The van der Waals surface area contributed by atoms with E-state index < -0.39 is 0 Å². The number of hydrogen-bond acceptors (Lipinski definition) is 2. The lowest BCUT2D eigenvalue weighted by Crippen LogP contribution is -2.53. The quantitative estimate of drug-likeness (QED) is 0.0956. The smallest absolute Gasteiger partial charge is 0.220 e. The highest BCUT2D eigenvalue weighted by Crippen LogP contribution is 2.38. The Kier molecular flexibility index (Phi) is 7.26. The lowest BCUT2D eigenvalue weighted by atomic mass is 9.95. The van der Waals surface area contributed by atoms with Gasteiger partial charge in [0.05, 0.1) is 11.7 Å². The zero-order valence-electron chi connectivity index (χ0n) is 25.2. The van der Waals surface area contributed by atoms with Gasteiger partial charge in [-0.3, -0.25) is 10.9 Å². The van der Waals surface area contributed by atoms with Crippen molar-refractivity contribution in [3.05, 3.63) is 82.9 Å². The van der Waals surface area contributed by atoms with E-state index in [-0.39, 0.29) is 0 Å². The topological polar surface area (TPSA) is 72.8 Å². The Morgan fingerprint density at radius 3 is 1.89 bits per heavy atom. The molecule has 0 spiro atoms. The van der Waals surface area contributed by atoms with Gasteiger partial charge in [-0.25, -0.2) is 9.98 Å². The first-order valence-electron chi connectivity index (χ1n) is 16.5. The molecule has 0 aliphatic heterocycles. The predicted octanol–water partition coefficient (Wildman–Crippen LogP) is 8.77. The molecule has 6 nitrogen and oxygen atoms in total. The number of aliphatic imine (C=N–C) groups is 2. The van der Waals surface area contributed by atoms with Crippen molar-refractivity contribution in [2.75, 3.05) is 5.32 Å².